The van der Waals surface area contributed by atoms with E-state index in [0.717, 1.165) is 32.2 Å². The van der Waals surface area contributed by atoms with Crippen LogP contribution in [0, 0.1) is 5.92 Å². The summed E-state index contributed by atoms with van der Waals surface area (Å²) in [7, 11) is 2.26. The molecule has 0 aromatic carbocycles. The molecule has 0 amide bonds. The van der Waals surface area contributed by atoms with Crippen molar-refractivity contribution in [2.45, 2.75) is 57.0 Å². The van der Waals surface area contributed by atoms with Gasteiger partial charge in [-0.2, -0.15) is 0 Å². The number of rotatable bonds is 4. The number of likely N-dealkylation sites (N-methyl/N-ethyl adjacent to an activating group) is 1. The van der Waals surface area contributed by atoms with E-state index in [0.29, 0.717) is 12.0 Å². The van der Waals surface area contributed by atoms with E-state index in [1.165, 1.54) is 38.5 Å². The molecule has 100 valence electrons. The Balaban J connectivity index is 1.76. The van der Waals surface area contributed by atoms with E-state index in [1.54, 1.807) is 0 Å². The molecule has 0 aromatic rings. The maximum atomic E-state index is 6.30. The SMILES string of the molecule is CN(CC(N)C1CCOC1)C1CCCCCC1. The highest BCUT2D eigenvalue weighted by Crippen LogP contribution is 2.22. The van der Waals surface area contributed by atoms with Crippen LogP contribution in [0.4, 0.5) is 0 Å². The van der Waals surface area contributed by atoms with Crippen molar-refractivity contribution in [3.05, 3.63) is 0 Å². The minimum Gasteiger partial charge on any atom is -0.381 e. The Bertz CT molecular complexity index is 208. The van der Waals surface area contributed by atoms with Gasteiger partial charge in [0, 0.05) is 31.2 Å². The lowest BCUT2D eigenvalue weighted by Crippen LogP contribution is -2.44. The molecule has 2 rings (SSSR count). The van der Waals surface area contributed by atoms with Crippen molar-refractivity contribution in [2.24, 2.45) is 11.7 Å². The zero-order chi connectivity index (χ0) is 12.1. The molecule has 2 aliphatic rings. The lowest BCUT2D eigenvalue weighted by molar-refractivity contribution is 0.161. The summed E-state index contributed by atoms with van der Waals surface area (Å²) in [6.07, 6.45) is 9.53. The number of hydrogen-bond donors (Lipinski definition) is 1. The second-order valence-corrected chi connectivity index (χ2v) is 5.87. The first-order valence-corrected chi connectivity index (χ1v) is 7.31. The standard InChI is InChI=1S/C14H28N2O/c1-16(13-6-4-2-3-5-7-13)10-14(15)12-8-9-17-11-12/h12-14H,2-11,15H2,1H3. The fraction of sp³-hybridized carbons (Fsp3) is 1.00. The van der Waals surface area contributed by atoms with Gasteiger partial charge in [-0.1, -0.05) is 25.7 Å². The first-order valence-electron chi connectivity index (χ1n) is 7.31. The maximum Gasteiger partial charge on any atom is 0.0510 e. The molecule has 0 bridgehead atoms. The van der Waals surface area contributed by atoms with Crippen LogP contribution in [0.1, 0.15) is 44.9 Å². The predicted molar refractivity (Wildman–Crippen MR) is 71.0 cm³/mol. The third-order valence-corrected chi connectivity index (χ3v) is 4.52. The summed E-state index contributed by atoms with van der Waals surface area (Å²) in [6, 6.07) is 1.07. The normalized spacial score (nSPS) is 29.5. The van der Waals surface area contributed by atoms with Crippen LogP contribution in [0.5, 0.6) is 0 Å². The van der Waals surface area contributed by atoms with E-state index in [4.69, 9.17) is 10.5 Å². The van der Waals surface area contributed by atoms with E-state index >= 15 is 0 Å². The van der Waals surface area contributed by atoms with Crippen molar-refractivity contribution >= 4 is 0 Å². The van der Waals surface area contributed by atoms with Gasteiger partial charge in [-0.3, -0.25) is 0 Å². The van der Waals surface area contributed by atoms with Crippen LogP contribution < -0.4 is 5.73 Å². The average Bonchev–Trinajstić information content (AvgIpc) is 2.71. The van der Waals surface area contributed by atoms with Gasteiger partial charge < -0.3 is 15.4 Å². The molecule has 17 heavy (non-hydrogen) atoms. The summed E-state index contributed by atoms with van der Waals surface area (Å²) in [5.41, 5.74) is 6.30. The third kappa shape index (κ3) is 3.94. The summed E-state index contributed by atoms with van der Waals surface area (Å²) in [5.74, 6) is 0.586. The molecule has 1 heterocycles. The molecule has 0 spiro atoms. The first kappa shape index (κ1) is 13.3. The summed E-state index contributed by atoms with van der Waals surface area (Å²) >= 11 is 0. The van der Waals surface area contributed by atoms with Crippen molar-refractivity contribution in [1.29, 1.82) is 0 Å². The quantitative estimate of drug-likeness (QED) is 0.764. The zero-order valence-corrected chi connectivity index (χ0v) is 11.2. The van der Waals surface area contributed by atoms with Gasteiger partial charge in [0.15, 0.2) is 0 Å². The van der Waals surface area contributed by atoms with Gasteiger partial charge in [0.2, 0.25) is 0 Å². The molecule has 1 saturated carbocycles. The Hall–Kier alpha value is -0.120. The first-order chi connectivity index (χ1) is 8.27. The molecule has 0 aromatic heterocycles. The highest BCUT2D eigenvalue weighted by molar-refractivity contribution is 4.81. The van der Waals surface area contributed by atoms with Gasteiger partial charge in [-0.25, -0.2) is 0 Å². The van der Waals surface area contributed by atoms with Crippen molar-refractivity contribution in [2.75, 3.05) is 26.8 Å². The average molecular weight is 240 g/mol. The van der Waals surface area contributed by atoms with Crippen LogP contribution in [-0.4, -0.2) is 43.8 Å². The lowest BCUT2D eigenvalue weighted by Gasteiger charge is -2.31. The van der Waals surface area contributed by atoms with E-state index in [9.17, 15) is 0 Å². The van der Waals surface area contributed by atoms with Crippen LogP contribution in [-0.2, 0) is 4.74 Å². The summed E-state index contributed by atoms with van der Waals surface area (Å²) in [4.78, 5) is 2.51. The fourth-order valence-electron chi connectivity index (χ4n) is 3.22. The molecule has 2 N–H and O–H groups in total. The van der Waals surface area contributed by atoms with Gasteiger partial charge in [-0.15, -0.1) is 0 Å². The van der Waals surface area contributed by atoms with E-state index in [2.05, 4.69) is 11.9 Å². The number of ether oxygens (including phenoxy) is 1. The molecule has 2 atom stereocenters. The minimum atomic E-state index is 0.297. The van der Waals surface area contributed by atoms with Gasteiger partial charge >= 0.3 is 0 Å². The highest BCUT2D eigenvalue weighted by atomic mass is 16.5. The Labute approximate surface area is 106 Å². The summed E-state index contributed by atoms with van der Waals surface area (Å²) in [5, 5.41) is 0. The van der Waals surface area contributed by atoms with Crippen LogP contribution in [0.2, 0.25) is 0 Å². The second-order valence-electron chi connectivity index (χ2n) is 5.87. The summed E-state index contributed by atoms with van der Waals surface area (Å²) < 4.78 is 5.43. The molecule has 3 nitrogen and oxygen atoms in total. The van der Waals surface area contributed by atoms with Crippen molar-refractivity contribution in [3.63, 3.8) is 0 Å². The van der Waals surface area contributed by atoms with Crippen LogP contribution in [0.25, 0.3) is 0 Å². The Kier molecular flexibility index (Phi) is 5.26. The number of nitrogens with two attached hydrogens (primary N) is 1. The van der Waals surface area contributed by atoms with Crippen molar-refractivity contribution < 1.29 is 4.74 Å². The van der Waals surface area contributed by atoms with Gasteiger partial charge in [-0.05, 0) is 26.3 Å². The van der Waals surface area contributed by atoms with E-state index < -0.39 is 0 Å². The summed E-state index contributed by atoms with van der Waals surface area (Å²) in [6.45, 7) is 2.82. The monoisotopic (exact) mass is 240 g/mol. The molecule has 2 unspecified atom stereocenters. The van der Waals surface area contributed by atoms with Crippen molar-refractivity contribution in [3.8, 4) is 0 Å². The minimum absolute atomic E-state index is 0.297. The predicted octanol–water partition coefficient (Wildman–Crippen LogP) is 2.00. The van der Waals surface area contributed by atoms with Crippen LogP contribution >= 0.6 is 0 Å². The Morgan fingerprint density at radius 1 is 1.18 bits per heavy atom. The van der Waals surface area contributed by atoms with Crippen LogP contribution in [0.15, 0.2) is 0 Å². The smallest absolute Gasteiger partial charge is 0.0510 e. The van der Waals surface area contributed by atoms with E-state index in [-0.39, 0.29) is 0 Å². The molecular weight excluding hydrogens is 212 g/mol. The molecule has 3 heteroatoms. The van der Waals surface area contributed by atoms with Gasteiger partial charge in [0.05, 0.1) is 6.61 Å². The second kappa shape index (κ2) is 6.72. The molecule has 1 aliphatic carbocycles. The molecule has 0 radical (unpaired) electrons. The Morgan fingerprint density at radius 2 is 1.88 bits per heavy atom. The molecule has 1 saturated heterocycles. The topological polar surface area (TPSA) is 38.5 Å². The highest BCUT2D eigenvalue weighted by Gasteiger charge is 2.26. The zero-order valence-electron chi connectivity index (χ0n) is 11.2. The fourth-order valence-corrected chi connectivity index (χ4v) is 3.22. The van der Waals surface area contributed by atoms with Crippen molar-refractivity contribution in [1.82, 2.24) is 4.90 Å². The molecule has 2 fully saturated rings. The third-order valence-electron chi connectivity index (χ3n) is 4.52. The Morgan fingerprint density at radius 3 is 2.47 bits per heavy atom. The number of nitrogens with zero attached hydrogens (tertiary/aromatic N) is 1. The van der Waals surface area contributed by atoms with E-state index in [1.807, 2.05) is 0 Å². The van der Waals surface area contributed by atoms with Crippen LogP contribution in [0.3, 0.4) is 0 Å². The number of hydrogen-bond acceptors (Lipinski definition) is 3. The lowest BCUT2D eigenvalue weighted by atomic mass is 9.98. The largest absolute Gasteiger partial charge is 0.381 e. The molecule has 1 aliphatic heterocycles. The maximum absolute atomic E-state index is 6.30. The van der Waals surface area contributed by atoms with Gasteiger partial charge in [0.1, 0.15) is 0 Å². The molecular formula is C14H28N2O. The van der Waals surface area contributed by atoms with Gasteiger partial charge in [0.25, 0.3) is 0 Å².